The maximum Gasteiger partial charge on any atom is 0.276 e. The van der Waals surface area contributed by atoms with E-state index in [1.54, 1.807) is 0 Å². The molecule has 0 spiro atoms. The number of aromatic nitrogens is 2. The van der Waals surface area contributed by atoms with Crippen molar-refractivity contribution in [3.63, 3.8) is 0 Å². The summed E-state index contributed by atoms with van der Waals surface area (Å²) in [5, 5.41) is 10.6. The second-order valence-electron chi connectivity index (χ2n) is 4.48. The van der Waals surface area contributed by atoms with Gasteiger partial charge in [0.1, 0.15) is 0 Å². The van der Waals surface area contributed by atoms with Crippen LogP contribution >= 0.6 is 0 Å². The summed E-state index contributed by atoms with van der Waals surface area (Å²) in [7, 11) is 0. The fraction of sp³-hybridized carbons (Fsp3) is 0.0667. The van der Waals surface area contributed by atoms with Crippen molar-refractivity contribution in [3.8, 4) is 0 Å². The summed E-state index contributed by atoms with van der Waals surface area (Å²) in [6.45, 7) is 0.440. The van der Waals surface area contributed by atoms with Crippen molar-refractivity contribution < 1.29 is 4.79 Å². The van der Waals surface area contributed by atoms with Crippen LogP contribution in [-0.2, 0) is 6.54 Å². The first-order valence-electron chi connectivity index (χ1n) is 6.31. The number of carbonyl (C=O) groups is 1. The van der Waals surface area contributed by atoms with Gasteiger partial charge in [-0.3, -0.25) is 9.89 Å². The number of nitrogens with zero attached hydrogens (tertiary/aromatic N) is 1. The van der Waals surface area contributed by atoms with E-state index in [1.165, 1.54) is 0 Å². The molecule has 0 aliphatic carbocycles. The highest BCUT2D eigenvalue weighted by Gasteiger charge is 2.13. The number of amides is 1. The molecule has 0 saturated heterocycles. The molecule has 4 N–H and O–H groups in total. The standard InChI is InChI=1S/C15H14N4O/c16-9-10-4-3-5-11(8-10)17-15(20)14-12-6-1-2-7-13(12)18-19-14/h1-8H,9,16H2,(H,17,20)(H,18,19). The van der Waals surface area contributed by atoms with Crippen molar-refractivity contribution in [1.82, 2.24) is 10.2 Å². The number of carbonyl (C=O) groups excluding carboxylic acids is 1. The Morgan fingerprint density at radius 3 is 2.90 bits per heavy atom. The molecule has 0 saturated carbocycles. The number of nitrogens with one attached hydrogen (secondary N) is 2. The molecule has 3 aromatic rings. The van der Waals surface area contributed by atoms with Gasteiger partial charge in [-0.15, -0.1) is 0 Å². The summed E-state index contributed by atoms with van der Waals surface area (Å²) in [5.41, 5.74) is 8.50. The SMILES string of the molecule is NCc1cccc(NC(=O)c2n[nH]c3ccccc23)c1. The Labute approximate surface area is 115 Å². The molecule has 100 valence electrons. The lowest BCUT2D eigenvalue weighted by atomic mass is 10.2. The highest BCUT2D eigenvalue weighted by atomic mass is 16.1. The third kappa shape index (κ3) is 2.26. The summed E-state index contributed by atoms with van der Waals surface area (Å²) in [4.78, 5) is 12.3. The Hall–Kier alpha value is -2.66. The van der Waals surface area contributed by atoms with Crippen LogP contribution in [0.4, 0.5) is 5.69 Å². The van der Waals surface area contributed by atoms with Gasteiger partial charge in [0.05, 0.1) is 5.52 Å². The van der Waals surface area contributed by atoms with Crippen molar-refractivity contribution in [3.05, 3.63) is 59.8 Å². The first kappa shape index (κ1) is 12.4. The van der Waals surface area contributed by atoms with Crippen LogP contribution in [0.15, 0.2) is 48.5 Å². The van der Waals surface area contributed by atoms with Gasteiger partial charge in [-0.2, -0.15) is 5.10 Å². The summed E-state index contributed by atoms with van der Waals surface area (Å²) in [6, 6.07) is 15.0. The molecule has 1 aromatic heterocycles. The molecule has 1 heterocycles. The summed E-state index contributed by atoms with van der Waals surface area (Å²) in [6.07, 6.45) is 0. The van der Waals surface area contributed by atoms with Crippen molar-refractivity contribution in [2.24, 2.45) is 5.73 Å². The quantitative estimate of drug-likeness (QED) is 0.680. The van der Waals surface area contributed by atoms with Crippen LogP contribution in [0.3, 0.4) is 0 Å². The minimum absolute atomic E-state index is 0.239. The highest BCUT2D eigenvalue weighted by molar-refractivity contribution is 6.11. The molecule has 5 nitrogen and oxygen atoms in total. The minimum Gasteiger partial charge on any atom is -0.326 e. The lowest BCUT2D eigenvalue weighted by molar-refractivity contribution is 0.102. The number of hydrogen-bond acceptors (Lipinski definition) is 3. The van der Waals surface area contributed by atoms with E-state index < -0.39 is 0 Å². The Morgan fingerprint density at radius 1 is 1.20 bits per heavy atom. The van der Waals surface area contributed by atoms with Gasteiger partial charge in [0, 0.05) is 17.6 Å². The number of rotatable bonds is 3. The van der Waals surface area contributed by atoms with E-state index in [0.717, 1.165) is 16.5 Å². The van der Waals surface area contributed by atoms with Gasteiger partial charge < -0.3 is 11.1 Å². The van der Waals surface area contributed by atoms with Crippen LogP contribution in [0.5, 0.6) is 0 Å². The fourth-order valence-electron chi connectivity index (χ4n) is 2.10. The van der Waals surface area contributed by atoms with E-state index in [2.05, 4.69) is 15.5 Å². The van der Waals surface area contributed by atoms with Crippen molar-refractivity contribution in [2.45, 2.75) is 6.54 Å². The molecule has 0 bridgehead atoms. The van der Waals surface area contributed by atoms with Gasteiger partial charge in [-0.1, -0.05) is 30.3 Å². The number of fused-ring (bicyclic) bond motifs is 1. The monoisotopic (exact) mass is 266 g/mol. The summed E-state index contributed by atoms with van der Waals surface area (Å²) in [5.74, 6) is -0.239. The molecule has 2 aromatic carbocycles. The molecule has 0 radical (unpaired) electrons. The van der Waals surface area contributed by atoms with Gasteiger partial charge in [0.15, 0.2) is 5.69 Å². The fourth-order valence-corrected chi connectivity index (χ4v) is 2.10. The number of aromatic amines is 1. The molecule has 5 heteroatoms. The van der Waals surface area contributed by atoms with Gasteiger partial charge >= 0.3 is 0 Å². The normalized spacial score (nSPS) is 10.7. The van der Waals surface area contributed by atoms with Crippen molar-refractivity contribution >= 4 is 22.5 Å². The molecule has 0 aliphatic rings. The second-order valence-corrected chi connectivity index (χ2v) is 4.48. The number of anilines is 1. The summed E-state index contributed by atoms with van der Waals surface area (Å²) < 4.78 is 0. The number of para-hydroxylation sites is 1. The maximum absolute atomic E-state index is 12.3. The van der Waals surface area contributed by atoms with E-state index >= 15 is 0 Å². The third-order valence-electron chi connectivity index (χ3n) is 3.11. The van der Waals surface area contributed by atoms with E-state index in [0.29, 0.717) is 17.9 Å². The van der Waals surface area contributed by atoms with Crippen LogP contribution in [0, 0.1) is 0 Å². The van der Waals surface area contributed by atoms with Gasteiger partial charge in [-0.05, 0) is 23.8 Å². The number of H-pyrrole nitrogens is 1. The topological polar surface area (TPSA) is 83.8 Å². The van der Waals surface area contributed by atoms with Crippen LogP contribution in [0.1, 0.15) is 16.1 Å². The molecular weight excluding hydrogens is 252 g/mol. The summed E-state index contributed by atoms with van der Waals surface area (Å²) >= 11 is 0. The van der Waals surface area contributed by atoms with Gasteiger partial charge in [-0.25, -0.2) is 0 Å². The zero-order valence-electron chi connectivity index (χ0n) is 10.8. The third-order valence-corrected chi connectivity index (χ3v) is 3.11. The zero-order valence-corrected chi connectivity index (χ0v) is 10.8. The van der Waals surface area contributed by atoms with Crippen LogP contribution < -0.4 is 11.1 Å². The van der Waals surface area contributed by atoms with E-state index in [-0.39, 0.29) is 5.91 Å². The lowest BCUT2D eigenvalue weighted by Gasteiger charge is -2.05. The second kappa shape index (κ2) is 5.14. The Balaban J connectivity index is 1.89. The molecule has 0 aliphatic heterocycles. The predicted octanol–water partition coefficient (Wildman–Crippen LogP) is 2.27. The largest absolute Gasteiger partial charge is 0.326 e. The number of nitrogens with two attached hydrogens (primary N) is 1. The smallest absolute Gasteiger partial charge is 0.276 e. The van der Waals surface area contributed by atoms with Crippen molar-refractivity contribution in [2.75, 3.05) is 5.32 Å². The van der Waals surface area contributed by atoms with E-state index in [1.807, 2.05) is 48.5 Å². The molecule has 20 heavy (non-hydrogen) atoms. The Bertz CT molecular complexity index is 763. The van der Waals surface area contributed by atoms with Crippen LogP contribution in [-0.4, -0.2) is 16.1 Å². The predicted molar refractivity (Wildman–Crippen MR) is 78.4 cm³/mol. The first-order valence-corrected chi connectivity index (χ1v) is 6.31. The van der Waals surface area contributed by atoms with Crippen molar-refractivity contribution in [1.29, 1.82) is 0 Å². The zero-order chi connectivity index (χ0) is 13.9. The highest BCUT2D eigenvalue weighted by Crippen LogP contribution is 2.17. The van der Waals surface area contributed by atoms with E-state index in [9.17, 15) is 4.79 Å². The van der Waals surface area contributed by atoms with Crippen LogP contribution in [0.25, 0.3) is 10.9 Å². The first-order chi connectivity index (χ1) is 9.78. The Kier molecular flexibility index (Phi) is 3.18. The molecule has 0 atom stereocenters. The molecule has 0 fully saturated rings. The Morgan fingerprint density at radius 2 is 2.05 bits per heavy atom. The van der Waals surface area contributed by atoms with Gasteiger partial charge in [0.2, 0.25) is 0 Å². The number of hydrogen-bond donors (Lipinski definition) is 3. The molecule has 3 rings (SSSR count). The average molecular weight is 266 g/mol. The lowest BCUT2D eigenvalue weighted by Crippen LogP contribution is -2.13. The van der Waals surface area contributed by atoms with Crippen LogP contribution in [0.2, 0.25) is 0 Å². The molecular formula is C15H14N4O. The average Bonchev–Trinajstić information content (AvgIpc) is 2.91. The number of benzene rings is 2. The minimum atomic E-state index is -0.239. The molecule has 1 amide bonds. The molecule has 0 unspecified atom stereocenters. The van der Waals surface area contributed by atoms with E-state index in [4.69, 9.17) is 5.73 Å². The van der Waals surface area contributed by atoms with Gasteiger partial charge in [0.25, 0.3) is 5.91 Å². The maximum atomic E-state index is 12.3.